The van der Waals surface area contributed by atoms with Crippen LogP contribution in [0.1, 0.15) is 25.7 Å². The molecule has 2 aliphatic heterocycles. The van der Waals surface area contributed by atoms with Crippen molar-refractivity contribution in [2.24, 2.45) is 27.2 Å². The molecule has 1 aromatic carbocycles. The summed E-state index contributed by atoms with van der Waals surface area (Å²) in [5.74, 6) is -0.200. The zero-order valence-electron chi connectivity index (χ0n) is 13.8. The SMILES string of the molecule is NC(N)=NC(N)=Nc1ccc(N2CCCC2=O)cc1N1CCCC1=O. The van der Waals surface area contributed by atoms with E-state index in [1.165, 1.54) is 0 Å². The summed E-state index contributed by atoms with van der Waals surface area (Å²) in [6.45, 7) is 1.27. The van der Waals surface area contributed by atoms with Crippen LogP contribution in [0.25, 0.3) is 0 Å². The molecule has 0 aliphatic carbocycles. The first-order valence-corrected chi connectivity index (χ1v) is 8.14. The molecule has 0 radical (unpaired) electrons. The molecule has 0 saturated carbocycles. The van der Waals surface area contributed by atoms with Gasteiger partial charge in [-0.2, -0.15) is 4.99 Å². The first-order valence-electron chi connectivity index (χ1n) is 8.14. The smallest absolute Gasteiger partial charge is 0.227 e. The van der Waals surface area contributed by atoms with Gasteiger partial charge in [-0.05, 0) is 31.0 Å². The van der Waals surface area contributed by atoms with Crippen LogP contribution in [-0.4, -0.2) is 36.8 Å². The van der Waals surface area contributed by atoms with Gasteiger partial charge in [0.05, 0.1) is 11.4 Å². The summed E-state index contributed by atoms with van der Waals surface area (Å²) in [5, 5.41) is 0. The Balaban J connectivity index is 2.03. The van der Waals surface area contributed by atoms with Crippen molar-refractivity contribution >= 4 is 40.8 Å². The van der Waals surface area contributed by atoms with Crippen LogP contribution in [0.3, 0.4) is 0 Å². The lowest BCUT2D eigenvalue weighted by molar-refractivity contribution is -0.117. The number of aliphatic imine (C=N–C) groups is 2. The van der Waals surface area contributed by atoms with Crippen LogP contribution in [0.5, 0.6) is 0 Å². The van der Waals surface area contributed by atoms with E-state index >= 15 is 0 Å². The lowest BCUT2D eigenvalue weighted by Gasteiger charge is -2.22. The van der Waals surface area contributed by atoms with Crippen LogP contribution >= 0.6 is 0 Å². The molecule has 6 N–H and O–H groups in total. The van der Waals surface area contributed by atoms with E-state index in [1.54, 1.807) is 28.0 Å². The van der Waals surface area contributed by atoms with Gasteiger partial charge in [0.2, 0.25) is 17.8 Å². The average molecular weight is 343 g/mol. The number of nitrogens with two attached hydrogens (primary N) is 3. The Labute approximate surface area is 145 Å². The monoisotopic (exact) mass is 343 g/mol. The van der Waals surface area contributed by atoms with Gasteiger partial charge in [-0.1, -0.05) is 0 Å². The molecule has 3 rings (SSSR count). The average Bonchev–Trinajstić information content (AvgIpc) is 3.15. The normalized spacial score (nSPS) is 18.2. The topological polar surface area (TPSA) is 143 Å². The third-order valence-electron chi connectivity index (χ3n) is 4.19. The van der Waals surface area contributed by atoms with E-state index in [0.29, 0.717) is 37.3 Å². The van der Waals surface area contributed by atoms with E-state index in [4.69, 9.17) is 17.2 Å². The summed E-state index contributed by atoms with van der Waals surface area (Å²) >= 11 is 0. The molecule has 0 unspecified atom stereocenters. The molecular weight excluding hydrogens is 322 g/mol. The Morgan fingerprint density at radius 3 is 2.16 bits per heavy atom. The van der Waals surface area contributed by atoms with E-state index in [1.807, 2.05) is 0 Å². The summed E-state index contributed by atoms with van der Waals surface area (Å²) in [6.07, 6.45) is 2.63. The van der Waals surface area contributed by atoms with Crippen LogP contribution in [0, 0.1) is 0 Å². The number of anilines is 2. The first-order chi connectivity index (χ1) is 12.0. The fourth-order valence-electron chi connectivity index (χ4n) is 3.10. The van der Waals surface area contributed by atoms with Gasteiger partial charge in [0.1, 0.15) is 0 Å². The van der Waals surface area contributed by atoms with Crippen LogP contribution in [0.15, 0.2) is 28.2 Å². The highest BCUT2D eigenvalue weighted by Gasteiger charge is 2.27. The Morgan fingerprint density at radius 2 is 1.60 bits per heavy atom. The second kappa shape index (κ2) is 6.80. The second-order valence-electron chi connectivity index (χ2n) is 5.98. The second-order valence-corrected chi connectivity index (χ2v) is 5.98. The van der Waals surface area contributed by atoms with E-state index in [2.05, 4.69) is 9.98 Å². The Hall–Kier alpha value is -3.10. The number of benzene rings is 1. The number of rotatable bonds is 3. The maximum absolute atomic E-state index is 12.2. The Bertz CT molecular complexity index is 768. The molecule has 25 heavy (non-hydrogen) atoms. The molecule has 2 fully saturated rings. The summed E-state index contributed by atoms with van der Waals surface area (Å²) in [7, 11) is 0. The number of guanidine groups is 2. The molecule has 9 nitrogen and oxygen atoms in total. The summed E-state index contributed by atoms with van der Waals surface area (Å²) in [5.41, 5.74) is 18.2. The first kappa shape index (κ1) is 16.7. The number of amides is 2. The molecule has 0 atom stereocenters. The summed E-state index contributed by atoms with van der Waals surface area (Å²) in [6, 6.07) is 5.31. The molecule has 2 heterocycles. The highest BCUT2D eigenvalue weighted by molar-refractivity contribution is 6.02. The van der Waals surface area contributed by atoms with Crippen molar-refractivity contribution in [3.05, 3.63) is 18.2 Å². The third kappa shape index (κ3) is 3.54. The molecule has 2 saturated heterocycles. The van der Waals surface area contributed by atoms with Crippen molar-refractivity contribution in [2.45, 2.75) is 25.7 Å². The van der Waals surface area contributed by atoms with Gasteiger partial charge in [0, 0.05) is 31.6 Å². The molecular formula is C16H21N7O2. The van der Waals surface area contributed by atoms with Crippen molar-refractivity contribution in [2.75, 3.05) is 22.9 Å². The highest BCUT2D eigenvalue weighted by Crippen LogP contribution is 2.36. The fourth-order valence-corrected chi connectivity index (χ4v) is 3.10. The Morgan fingerprint density at radius 1 is 0.960 bits per heavy atom. The van der Waals surface area contributed by atoms with E-state index in [9.17, 15) is 9.59 Å². The van der Waals surface area contributed by atoms with Crippen LogP contribution < -0.4 is 27.0 Å². The predicted octanol–water partition coefficient (Wildman–Crippen LogP) is 0.160. The van der Waals surface area contributed by atoms with Gasteiger partial charge in [-0.15, -0.1) is 0 Å². The standard InChI is InChI=1S/C16H21N7O2/c17-15(18)21-16(19)20-11-6-5-10(22-7-1-3-13(22)24)9-12(11)23-8-2-4-14(23)25/h5-6,9H,1-4,7-8H2,(H6,17,18,19,20,21). The van der Waals surface area contributed by atoms with Crippen LogP contribution in [-0.2, 0) is 9.59 Å². The largest absolute Gasteiger partial charge is 0.370 e. The maximum Gasteiger partial charge on any atom is 0.227 e. The number of hydrogen-bond donors (Lipinski definition) is 3. The van der Waals surface area contributed by atoms with Crippen molar-refractivity contribution in [3.63, 3.8) is 0 Å². The third-order valence-corrected chi connectivity index (χ3v) is 4.19. The van der Waals surface area contributed by atoms with Crippen molar-refractivity contribution in [1.82, 2.24) is 0 Å². The molecule has 1 aromatic rings. The van der Waals surface area contributed by atoms with Crippen LogP contribution in [0.2, 0.25) is 0 Å². The molecule has 2 amide bonds. The Kier molecular flexibility index (Phi) is 4.55. The maximum atomic E-state index is 12.2. The number of carbonyl (C=O) groups is 2. The minimum atomic E-state index is -0.195. The summed E-state index contributed by atoms with van der Waals surface area (Å²) < 4.78 is 0. The van der Waals surface area contributed by atoms with Gasteiger partial charge >= 0.3 is 0 Å². The summed E-state index contributed by atoms with van der Waals surface area (Å²) in [4.78, 5) is 35.5. The minimum absolute atomic E-state index is 0.0155. The predicted molar refractivity (Wildman–Crippen MR) is 96.7 cm³/mol. The lowest BCUT2D eigenvalue weighted by atomic mass is 10.2. The molecule has 2 aliphatic rings. The zero-order valence-corrected chi connectivity index (χ0v) is 13.8. The van der Waals surface area contributed by atoms with Gasteiger partial charge in [-0.25, -0.2) is 4.99 Å². The lowest BCUT2D eigenvalue weighted by Crippen LogP contribution is -2.27. The van der Waals surface area contributed by atoms with Crippen LogP contribution in [0.4, 0.5) is 17.1 Å². The number of nitrogens with zero attached hydrogens (tertiary/aromatic N) is 4. The fraction of sp³-hybridized carbons (Fsp3) is 0.375. The molecule has 132 valence electrons. The number of carbonyl (C=O) groups excluding carboxylic acids is 2. The number of hydrogen-bond acceptors (Lipinski definition) is 3. The van der Waals surface area contributed by atoms with Crippen molar-refractivity contribution in [3.8, 4) is 0 Å². The van der Waals surface area contributed by atoms with Crippen molar-refractivity contribution in [1.29, 1.82) is 0 Å². The van der Waals surface area contributed by atoms with Gasteiger partial charge in [0.15, 0.2) is 5.96 Å². The van der Waals surface area contributed by atoms with Gasteiger partial charge in [0.25, 0.3) is 0 Å². The highest BCUT2D eigenvalue weighted by atomic mass is 16.2. The van der Waals surface area contributed by atoms with Gasteiger partial charge in [-0.3, -0.25) is 9.59 Å². The minimum Gasteiger partial charge on any atom is -0.370 e. The van der Waals surface area contributed by atoms with E-state index in [-0.39, 0.29) is 23.7 Å². The quantitative estimate of drug-likeness (QED) is 0.529. The molecule has 0 spiro atoms. The zero-order chi connectivity index (χ0) is 18.0. The molecule has 0 aromatic heterocycles. The van der Waals surface area contributed by atoms with Gasteiger partial charge < -0.3 is 27.0 Å². The van der Waals surface area contributed by atoms with E-state index < -0.39 is 0 Å². The van der Waals surface area contributed by atoms with Crippen molar-refractivity contribution < 1.29 is 9.59 Å². The molecule has 0 bridgehead atoms. The molecule has 9 heteroatoms. The van der Waals surface area contributed by atoms with E-state index in [0.717, 1.165) is 18.5 Å².